The van der Waals surface area contributed by atoms with Gasteiger partial charge in [0, 0.05) is 25.5 Å². The zero-order chi connectivity index (χ0) is 15.3. The Balaban J connectivity index is 2.50. The average Bonchev–Trinajstić information content (AvgIpc) is 2.51. The van der Waals surface area contributed by atoms with Gasteiger partial charge in [-0.15, -0.1) is 0 Å². The molecule has 1 aromatic carbocycles. The standard InChI is InChI=1S/C17H29NO2S/c1-4-11-18-17(14-21-13-6-12-19-3)15-7-9-16(10-8-15)20-5-2/h7-10,17-18H,4-6,11-14H2,1-3H3. The summed E-state index contributed by atoms with van der Waals surface area (Å²) in [4.78, 5) is 0. The van der Waals surface area contributed by atoms with Crippen LogP contribution in [0.5, 0.6) is 5.75 Å². The normalized spacial score (nSPS) is 12.3. The zero-order valence-corrected chi connectivity index (χ0v) is 14.4. The molecule has 0 saturated carbocycles. The number of benzene rings is 1. The van der Waals surface area contributed by atoms with E-state index in [0.717, 1.165) is 43.2 Å². The number of rotatable bonds is 12. The highest BCUT2D eigenvalue weighted by molar-refractivity contribution is 7.99. The van der Waals surface area contributed by atoms with Crippen molar-refractivity contribution in [3.8, 4) is 5.75 Å². The Labute approximate surface area is 133 Å². The van der Waals surface area contributed by atoms with Crippen LogP contribution in [0.1, 0.15) is 38.3 Å². The highest BCUT2D eigenvalue weighted by Crippen LogP contribution is 2.22. The van der Waals surface area contributed by atoms with Crippen LogP contribution in [0.4, 0.5) is 0 Å². The van der Waals surface area contributed by atoms with Crippen LogP contribution >= 0.6 is 11.8 Å². The number of hydrogen-bond donors (Lipinski definition) is 1. The minimum atomic E-state index is 0.410. The van der Waals surface area contributed by atoms with Crippen molar-refractivity contribution in [2.24, 2.45) is 0 Å². The van der Waals surface area contributed by atoms with Crippen molar-refractivity contribution in [1.29, 1.82) is 0 Å². The molecule has 1 unspecified atom stereocenters. The van der Waals surface area contributed by atoms with E-state index < -0.39 is 0 Å². The van der Waals surface area contributed by atoms with Gasteiger partial charge in [0.15, 0.2) is 0 Å². The van der Waals surface area contributed by atoms with E-state index in [1.54, 1.807) is 7.11 Å². The monoisotopic (exact) mass is 311 g/mol. The summed E-state index contributed by atoms with van der Waals surface area (Å²) >= 11 is 1.99. The molecule has 0 radical (unpaired) electrons. The first-order valence-corrected chi connectivity index (χ1v) is 9.00. The van der Waals surface area contributed by atoms with Gasteiger partial charge in [0.25, 0.3) is 0 Å². The van der Waals surface area contributed by atoms with E-state index >= 15 is 0 Å². The van der Waals surface area contributed by atoms with Crippen LogP contribution < -0.4 is 10.1 Å². The lowest BCUT2D eigenvalue weighted by atomic mass is 10.1. The van der Waals surface area contributed by atoms with Crippen molar-refractivity contribution in [1.82, 2.24) is 5.32 Å². The van der Waals surface area contributed by atoms with Gasteiger partial charge >= 0.3 is 0 Å². The number of methoxy groups -OCH3 is 1. The van der Waals surface area contributed by atoms with Gasteiger partial charge in [-0.2, -0.15) is 11.8 Å². The van der Waals surface area contributed by atoms with E-state index in [-0.39, 0.29) is 0 Å². The minimum Gasteiger partial charge on any atom is -0.494 e. The lowest BCUT2D eigenvalue weighted by molar-refractivity contribution is 0.200. The Morgan fingerprint density at radius 2 is 1.95 bits per heavy atom. The lowest BCUT2D eigenvalue weighted by Crippen LogP contribution is -2.24. The van der Waals surface area contributed by atoms with Gasteiger partial charge in [0.2, 0.25) is 0 Å². The first kappa shape index (κ1) is 18.3. The molecular formula is C17H29NO2S. The molecule has 120 valence electrons. The number of ether oxygens (including phenoxy) is 2. The first-order chi connectivity index (χ1) is 10.3. The Morgan fingerprint density at radius 3 is 2.57 bits per heavy atom. The van der Waals surface area contributed by atoms with E-state index in [1.807, 2.05) is 18.7 Å². The van der Waals surface area contributed by atoms with Crippen LogP contribution in [0.3, 0.4) is 0 Å². The van der Waals surface area contributed by atoms with E-state index in [1.165, 1.54) is 5.56 Å². The zero-order valence-electron chi connectivity index (χ0n) is 13.6. The van der Waals surface area contributed by atoms with Crippen molar-refractivity contribution >= 4 is 11.8 Å². The van der Waals surface area contributed by atoms with Crippen molar-refractivity contribution < 1.29 is 9.47 Å². The van der Waals surface area contributed by atoms with E-state index in [0.29, 0.717) is 12.6 Å². The molecule has 0 aliphatic heterocycles. The Bertz CT molecular complexity index is 356. The molecule has 0 aromatic heterocycles. The van der Waals surface area contributed by atoms with Gasteiger partial charge in [-0.05, 0) is 49.8 Å². The van der Waals surface area contributed by atoms with Crippen LogP contribution in [-0.2, 0) is 4.74 Å². The van der Waals surface area contributed by atoms with Gasteiger partial charge in [-0.3, -0.25) is 0 Å². The second-order valence-corrected chi connectivity index (χ2v) is 6.08. The van der Waals surface area contributed by atoms with Crippen molar-refractivity contribution in [2.45, 2.75) is 32.7 Å². The smallest absolute Gasteiger partial charge is 0.119 e. The molecule has 1 rings (SSSR count). The van der Waals surface area contributed by atoms with Crippen LogP contribution in [0.25, 0.3) is 0 Å². The second-order valence-electron chi connectivity index (χ2n) is 4.93. The number of hydrogen-bond acceptors (Lipinski definition) is 4. The quantitative estimate of drug-likeness (QED) is 0.593. The maximum atomic E-state index is 5.51. The summed E-state index contributed by atoms with van der Waals surface area (Å²) < 4.78 is 10.6. The third-order valence-corrected chi connectivity index (χ3v) is 4.30. The predicted octanol–water partition coefficient (Wildman–Crippen LogP) is 3.90. The van der Waals surface area contributed by atoms with Gasteiger partial charge in [-0.25, -0.2) is 0 Å². The third kappa shape index (κ3) is 7.74. The molecule has 0 fully saturated rings. The van der Waals surface area contributed by atoms with Crippen LogP contribution in [-0.4, -0.2) is 38.4 Å². The topological polar surface area (TPSA) is 30.5 Å². The van der Waals surface area contributed by atoms with E-state index in [9.17, 15) is 0 Å². The maximum Gasteiger partial charge on any atom is 0.119 e. The highest BCUT2D eigenvalue weighted by Gasteiger charge is 2.10. The molecule has 1 N–H and O–H groups in total. The van der Waals surface area contributed by atoms with Crippen LogP contribution in [0, 0.1) is 0 Å². The molecule has 3 nitrogen and oxygen atoms in total. The first-order valence-electron chi connectivity index (χ1n) is 7.84. The molecule has 0 aliphatic carbocycles. The SMILES string of the molecule is CCCNC(CSCCCOC)c1ccc(OCC)cc1. The van der Waals surface area contributed by atoms with Gasteiger partial charge in [0.05, 0.1) is 6.61 Å². The van der Waals surface area contributed by atoms with Crippen LogP contribution in [0.2, 0.25) is 0 Å². The molecular weight excluding hydrogens is 282 g/mol. The largest absolute Gasteiger partial charge is 0.494 e. The fourth-order valence-electron chi connectivity index (χ4n) is 2.06. The average molecular weight is 311 g/mol. The summed E-state index contributed by atoms with van der Waals surface area (Å²) in [6.45, 7) is 6.83. The molecule has 1 aromatic rings. The highest BCUT2D eigenvalue weighted by atomic mass is 32.2. The molecule has 0 spiro atoms. The second kappa shape index (κ2) is 11.9. The van der Waals surface area contributed by atoms with Crippen molar-refractivity contribution in [3.05, 3.63) is 29.8 Å². The lowest BCUT2D eigenvalue weighted by Gasteiger charge is -2.19. The van der Waals surface area contributed by atoms with E-state index in [2.05, 4.69) is 36.5 Å². The minimum absolute atomic E-state index is 0.410. The van der Waals surface area contributed by atoms with Gasteiger partial charge in [-0.1, -0.05) is 19.1 Å². The summed E-state index contributed by atoms with van der Waals surface area (Å²) in [5.41, 5.74) is 1.34. The maximum absolute atomic E-state index is 5.51. The van der Waals surface area contributed by atoms with E-state index in [4.69, 9.17) is 9.47 Å². The molecule has 0 aliphatic rings. The summed E-state index contributed by atoms with van der Waals surface area (Å²) in [5, 5.41) is 3.64. The summed E-state index contributed by atoms with van der Waals surface area (Å²) in [6.07, 6.45) is 2.27. The third-order valence-electron chi connectivity index (χ3n) is 3.16. The molecule has 1 atom stereocenters. The van der Waals surface area contributed by atoms with Crippen molar-refractivity contribution in [2.75, 3.05) is 38.4 Å². The predicted molar refractivity (Wildman–Crippen MR) is 92.5 cm³/mol. The number of nitrogens with one attached hydrogen (secondary N) is 1. The molecule has 0 amide bonds. The molecule has 21 heavy (non-hydrogen) atoms. The summed E-state index contributed by atoms with van der Waals surface area (Å²) in [7, 11) is 1.76. The Kier molecular flexibility index (Phi) is 10.4. The fourth-order valence-corrected chi connectivity index (χ4v) is 3.10. The summed E-state index contributed by atoms with van der Waals surface area (Å²) in [5.74, 6) is 3.19. The molecule has 0 bridgehead atoms. The Hall–Kier alpha value is -0.710. The molecule has 0 saturated heterocycles. The molecule has 4 heteroatoms. The van der Waals surface area contributed by atoms with Crippen LogP contribution in [0.15, 0.2) is 24.3 Å². The van der Waals surface area contributed by atoms with Crippen molar-refractivity contribution in [3.63, 3.8) is 0 Å². The van der Waals surface area contributed by atoms with Gasteiger partial charge in [0.1, 0.15) is 5.75 Å². The Morgan fingerprint density at radius 1 is 1.19 bits per heavy atom. The number of thioether (sulfide) groups is 1. The van der Waals surface area contributed by atoms with Gasteiger partial charge < -0.3 is 14.8 Å². The molecule has 0 heterocycles. The fraction of sp³-hybridized carbons (Fsp3) is 0.647. The summed E-state index contributed by atoms with van der Waals surface area (Å²) in [6, 6.07) is 8.89.